The van der Waals surface area contributed by atoms with Crippen LogP contribution in [0, 0.1) is 17.8 Å². The van der Waals surface area contributed by atoms with Crippen LogP contribution in [0.2, 0.25) is 0 Å². The van der Waals surface area contributed by atoms with Gasteiger partial charge in [-0.3, -0.25) is 9.59 Å². The molecule has 1 saturated carbocycles. The van der Waals surface area contributed by atoms with Gasteiger partial charge in [-0.1, -0.05) is 66.7 Å². The smallest absolute Gasteiger partial charge is 0.407 e. The van der Waals surface area contributed by atoms with E-state index in [0.29, 0.717) is 48.8 Å². The third-order valence-corrected chi connectivity index (χ3v) is 7.12. The Morgan fingerprint density at radius 1 is 1.03 bits per heavy atom. The Morgan fingerprint density at radius 3 is 2.31 bits per heavy atom. The number of carbonyl (C=O) groups is 2. The number of hydrogen-bond donors (Lipinski definition) is 3. The lowest BCUT2D eigenvalue weighted by Gasteiger charge is -2.27. The molecule has 2 rings (SSSR count). The average molecular weight is 493 g/mol. The highest BCUT2D eigenvalue weighted by Gasteiger charge is 2.35. The standard InChI is InChI=1S/C28H48N2O5/c1-6-7-13-22(26(32)24-21(25(24)31)15-14-18(2)3)29-27(33)23(16-19(4)5)30-28(34)35-17-20-11-9-8-10-12-20/h18-20,22-23,26,32H,6-17H2,1-5H3,(H,29,33)(H,30,34)/t22-,23?,26?/m0/s1. The molecule has 7 heteroatoms. The zero-order valence-corrected chi connectivity index (χ0v) is 22.5. The van der Waals surface area contributed by atoms with Crippen LogP contribution in [-0.4, -0.2) is 35.8 Å². The Morgan fingerprint density at radius 2 is 1.71 bits per heavy atom. The van der Waals surface area contributed by atoms with E-state index in [2.05, 4.69) is 24.5 Å². The number of amides is 2. The molecule has 3 N–H and O–H groups in total. The number of rotatable bonds is 15. The van der Waals surface area contributed by atoms with Gasteiger partial charge < -0.3 is 20.5 Å². The SMILES string of the molecule is CCCC[C@H](NC(=O)C(CC(C)C)NC(=O)OCC1CCCCC1)C(O)c1c(CCC(C)C)c1=O. The third-order valence-electron chi connectivity index (χ3n) is 7.12. The van der Waals surface area contributed by atoms with Gasteiger partial charge in [-0.2, -0.15) is 0 Å². The van der Waals surface area contributed by atoms with Crippen molar-refractivity contribution in [3.05, 3.63) is 21.4 Å². The summed E-state index contributed by atoms with van der Waals surface area (Å²) in [5.41, 5.74) is 1.12. The van der Waals surface area contributed by atoms with Crippen LogP contribution in [0.25, 0.3) is 0 Å². The number of carbonyl (C=O) groups excluding carboxylic acids is 2. The van der Waals surface area contributed by atoms with Crippen LogP contribution in [0.3, 0.4) is 0 Å². The van der Waals surface area contributed by atoms with Crippen LogP contribution in [0.5, 0.6) is 0 Å². The molecule has 0 radical (unpaired) electrons. The molecule has 2 unspecified atom stereocenters. The van der Waals surface area contributed by atoms with Crippen LogP contribution < -0.4 is 16.1 Å². The number of alkyl carbamates (subject to hydrolysis) is 1. The molecule has 1 aromatic rings. The minimum atomic E-state index is -1.02. The van der Waals surface area contributed by atoms with E-state index in [-0.39, 0.29) is 17.3 Å². The number of nitrogens with one attached hydrogen (secondary N) is 2. The zero-order valence-electron chi connectivity index (χ0n) is 22.5. The Balaban J connectivity index is 2.00. The Hall–Kier alpha value is -1.89. The van der Waals surface area contributed by atoms with Gasteiger partial charge in [0.05, 0.1) is 12.6 Å². The quantitative estimate of drug-likeness (QED) is 0.322. The van der Waals surface area contributed by atoms with Crippen molar-refractivity contribution in [2.45, 2.75) is 123 Å². The molecule has 0 spiro atoms. The molecular weight excluding hydrogens is 444 g/mol. The molecule has 200 valence electrons. The Bertz CT molecular complexity index is 790. The highest BCUT2D eigenvalue weighted by atomic mass is 16.5. The first-order valence-corrected chi connectivity index (χ1v) is 13.8. The number of aliphatic hydroxyl groups is 1. The summed E-state index contributed by atoms with van der Waals surface area (Å²) in [7, 11) is 0. The van der Waals surface area contributed by atoms with Crippen molar-refractivity contribution < 1.29 is 19.4 Å². The molecule has 1 aromatic carbocycles. The van der Waals surface area contributed by atoms with Crippen LogP contribution >= 0.6 is 0 Å². The average Bonchev–Trinajstić information content (AvgIpc) is 3.47. The van der Waals surface area contributed by atoms with Gasteiger partial charge in [0.15, 0.2) is 5.43 Å². The van der Waals surface area contributed by atoms with Gasteiger partial charge in [0, 0.05) is 11.1 Å². The number of aliphatic hydroxyl groups excluding tert-OH is 1. The molecule has 7 nitrogen and oxygen atoms in total. The van der Waals surface area contributed by atoms with E-state index in [0.717, 1.165) is 32.1 Å². The van der Waals surface area contributed by atoms with Gasteiger partial charge in [-0.15, -0.1) is 0 Å². The predicted molar refractivity (Wildman–Crippen MR) is 139 cm³/mol. The summed E-state index contributed by atoms with van der Waals surface area (Å²) >= 11 is 0. The molecule has 1 fully saturated rings. The monoisotopic (exact) mass is 492 g/mol. The Labute approximate surface area is 211 Å². The van der Waals surface area contributed by atoms with Crippen molar-refractivity contribution in [3.8, 4) is 0 Å². The van der Waals surface area contributed by atoms with E-state index in [1.54, 1.807) is 0 Å². The van der Waals surface area contributed by atoms with Crippen molar-refractivity contribution in [2.75, 3.05) is 6.61 Å². The molecule has 35 heavy (non-hydrogen) atoms. The minimum Gasteiger partial charge on any atom is -0.449 e. The van der Waals surface area contributed by atoms with Crippen molar-refractivity contribution in [3.63, 3.8) is 0 Å². The van der Waals surface area contributed by atoms with E-state index < -0.39 is 24.3 Å². The van der Waals surface area contributed by atoms with Gasteiger partial charge in [0.25, 0.3) is 0 Å². The molecule has 0 saturated heterocycles. The maximum absolute atomic E-state index is 13.2. The number of ether oxygens (including phenoxy) is 1. The number of hydrogen-bond acceptors (Lipinski definition) is 5. The maximum Gasteiger partial charge on any atom is 0.407 e. The lowest BCUT2D eigenvalue weighted by molar-refractivity contribution is -0.125. The largest absolute Gasteiger partial charge is 0.449 e. The second-order valence-electron chi connectivity index (χ2n) is 11.3. The van der Waals surface area contributed by atoms with Gasteiger partial charge in [-0.05, 0) is 56.3 Å². The van der Waals surface area contributed by atoms with Gasteiger partial charge in [-0.25, -0.2) is 4.79 Å². The van der Waals surface area contributed by atoms with Crippen molar-refractivity contribution in [1.29, 1.82) is 0 Å². The minimum absolute atomic E-state index is 0.0583. The van der Waals surface area contributed by atoms with Crippen molar-refractivity contribution in [2.24, 2.45) is 17.8 Å². The van der Waals surface area contributed by atoms with E-state index in [1.165, 1.54) is 19.3 Å². The molecule has 3 atom stereocenters. The van der Waals surface area contributed by atoms with Crippen molar-refractivity contribution >= 4 is 12.0 Å². The molecule has 1 aliphatic rings. The van der Waals surface area contributed by atoms with Gasteiger partial charge in [0.1, 0.15) is 12.1 Å². The van der Waals surface area contributed by atoms with Gasteiger partial charge in [0.2, 0.25) is 5.91 Å². The lowest BCUT2D eigenvalue weighted by atomic mass is 9.90. The van der Waals surface area contributed by atoms with Crippen LogP contribution in [0.4, 0.5) is 4.79 Å². The van der Waals surface area contributed by atoms with E-state index >= 15 is 0 Å². The van der Waals surface area contributed by atoms with E-state index in [4.69, 9.17) is 4.74 Å². The summed E-state index contributed by atoms with van der Waals surface area (Å²) in [6.45, 7) is 10.6. The zero-order chi connectivity index (χ0) is 26.0. The lowest BCUT2D eigenvalue weighted by Crippen LogP contribution is -2.51. The fourth-order valence-electron chi connectivity index (χ4n) is 4.87. The van der Waals surface area contributed by atoms with Crippen LogP contribution in [-0.2, 0) is 16.0 Å². The summed E-state index contributed by atoms with van der Waals surface area (Å²) in [5.74, 6) is 0.713. The molecular formula is C28H48N2O5. The third kappa shape index (κ3) is 9.94. The summed E-state index contributed by atoms with van der Waals surface area (Å²) in [6, 6.07) is -1.32. The predicted octanol–water partition coefficient (Wildman–Crippen LogP) is 4.94. The van der Waals surface area contributed by atoms with E-state index in [1.807, 2.05) is 20.8 Å². The first kappa shape index (κ1) is 29.3. The van der Waals surface area contributed by atoms with Crippen LogP contribution in [0.1, 0.15) is 116 Å². The van der Waals surface area contributed by atoms with Crippen molar-refractivity contribution in [1.82, 2.24) is 10.6 Å². The fourth-order valence-corrected chi connectivity index (χ4v) is 4.87. The van der Waals surface area contributed by atoms with Crippen LogP contribution in [0.15, 0.2) is 4.79 Å². The summed E-state index contributed by atoms with van der Waals surface area (Å²) < 4.78 is 5.45. The first-order valence-electron chi connectivity index (χ1n) is 13.8. The second kappa shape index (κ2) is 14.6. The molecule has 0 heterocycles. The van der Waals surface area contributed by atoms with Gasteiger partial charge >= 0.3 is 6.09 Å². The molecule has 0 aliphatic heterocycles. The normalized spacial score (nSPS) is 17.5. The first-order chi connectivity index (χ1) is 16.6. The Kier molecular flexibility index (Phi) is 12.3. The summed E-state index contributed by atoms with van der Waals surface area (Å²) in [5, 5.41) is 16.7. The van der Waals surface area contributed by atoms with E-state index in [9.17, 15) is 19.5 Å². The topological polar surface area (TPSA) is 105 Å². The fraction of sp³-hybridized carbons (Fsp3) is 0.821. The highest BCUT2D eigenvalue weighted by molar-refractivity contribution is 5.85. The number of unbranched alkanes of at least 4 members (excludes halogenated alkanes) is 1. The molecule has 0 bridgehead atoms. The summed E-state index contributed by atoms with van der Waals surface area (Å²) in [6.07, 6.45) is 8.48. The highest BCUT2D eigenvalue weighted by Crippen LogP contribution is 2.27. The molecule has 0 aromatic heterocycles. The molecule has 1 aliphatic carbocycles. The second-order valence-corrected chi connectivity index (χ2v) is 11.3. The maximum atomic E-state index is 13.2. The molecule has 2 amide bonds. The summed E-state index contributed by atoms with van der Waals surface area (Å²) in [4.78, 5) is 38.1.